The maximum absolute atomic E-state index is 13.4. The van der Waals surface area contributed by atoms with Gasteiger partial charge in [0.1, 0.15) is 5.82 Å². The summed E-state index contributed by atoms with van der Waals surface area (Å²) in [6, 6.07) is 8.81. The topological polar surface area (TPSA) is 58.4 Å². The van der Waals surface area contributed by atoms with E-state index >= 15 is 0 Å². The quantitative estimate of drug-likeness (QED) is 0.906. The zero-order chi connectivity index (χ0) is 17.2. The number of hydrogen-bond donors (Lipinski definition) is 1. The van der Waals surface area contributed by atoms with Crippen LogP contribution in [0.15, 0.2) is 34.9 Å². The van der Waals surface area contributed by atoms with E-state index < -0.39 is 0 Å². The lowest BCUT2D eigenvalue weighted by atomic mass is 9.94. The van der Waals surface area contributed by atoms with Crippen LogP contribution in [0, 0.1) is 5.82 Å². The van der Waals surface area contributed by atoms with Gasteiger partial charge in [-0.15, -0.1) is 0 Å². The second kappa shape index (κ2) is 6.96. The van der Waals surface area contributed by atoms with Crippen LogP contribution in [0.5, 0.6) is 0 Å². The number of hydrogen-bond acceptors (Lipinski definition) is 4. The number of benzene rings is 1. The highest BCUT2D eigenvalue weighted by Gasteiger charge is 2.28. The molecule has 2 heterocycles. The van der Waals surface area contributed by atoms with Gasteiger partial charge in [-0.3, -0.25) is 9.69 Å². The molecule has 6 heteroatoms. The zero-order valence-corrected chi connectivity index (χ0v) is 14.1. The average Bonchev–Trinajstić information content (AvgIpc) is 3.27. The number of aromatic nitrogens is 1. The number of halogens is 1. The summed E-state index contributed by atoms with van der Waals surface area (Å²) in [4.78, 5) is 14.3. The summed E-state index contributed by atoms with van der Waals surface area (Å²) in [5, 5.41) is 7.04. The van der Waals surface area contributed by atoms with Crippen LogP contribution in [0.3, 0.4) is 0 Å². The summed E-state index contributed by atoms with van der Waals surface area (Å²) in [6.45, 7) is 2.55. The van der Waals surface area contributed by atoms with Crippen molar-refractivity contribution in [2.24, 2.45) is 0 Å². The maximum atomic E-state index is 13.4. The Bertz CT molecular complexity index is 757. The molecule has 0 unspecified atom stereocenters. The highest BCUT2D eigenvalue weighted by atomic mass is 19.1. The fourth-order valence-electron chi connectivity index (χ4n) is 3.41. The number of carbonyl (C=O) groups excluding carboxylic acids is 1. The molecule has 25 heavy (non-hydrogen) atoms. The first-order valence-corrected chi connectivity index (χ1v) is 8.91. The van der Waals surface area contributed by atoms with E-state index in [1.807, 2.05) is 6.07 Å². The molecule has 1 saturated carbocycles. The maximum Gasteiger partial charge on any atom is 0.290 e. The molecule has 1 aromatic carbocycles. The standard InChI is InChI=1S/C19H22FN3O2/c20-15-5-1-3-13(9-15)11-23-8-2-4-14(12-23)17-10-18(25-22-17)19(24)21-16-6-7-16/h1,3,5,9-10,14,16H,2,4,6-8,11-12H2,(H,21,24)/t14-/m0/s1. The predicted molar refractivity (Wildman–Crippen MR) is 90.6 cm³/mol. The van der Waals surface area contributed by atoms with Gasteiger partial charge in [0.05, 0.1) is 5.69 Å². The number of piperidine rings is 1. The Morgan fingerprint density at radius 1 is 1.32 bits per heavy atom. The molecule has 1 aliphatic carbocycles. The summed E-state index contributed by atoms with van der Waals surface area (Å²) in [6.07, 6.45) is 4.17. The molecule has 4 rings (SSSR count). The zero-order valence-electron chi connectivity index (χ0n) is 14.1. The van der Waals surface area contributed by atoms with Crippen molar-refractivity contribution in [3.63, 3.8) is 0 Å². The van der Waals surface area contributed by atoms with E-state index in [0.29, 0.717) is 11.8 Å². The van der Waals surface area contributed by atoms with Gasteiger partial charge in [-0.25, -0.2) is 4.39 Å². The molecule has 5 nitrogen and oxygen atoms in total. The molecule has 0 bridgehead atoms. The Morgan fingerprint density at radius 3 is 3.00 bits per heavy atom. The van der Waals surface area contributed by atoms with E-state index in [1.165, 1.54) is 6.07 Å². The first-order valence-electron chi connectivity index (χ1n) is 8.91. The van der Waals surface area contributed by atoms with E-state index in [-0.39, 0.29) is 17.6 Å². The van der Waals surface area contributed by atoms with Crippen LogP contribution in [0.25, 0.3) is 0 Å². The van der Waals surface area contributed by atoms with Gasteiger partial charge in [-0.05, 0) is 49.9 Å². The highest BCUT2D eigenvalue weighted by molar-refractivity contribution is 5.91. The molecule has 0 radical (unpaired) electrons. The van der Waals surface area contributed by atoms with E-state index in [9.17, 15) is 9.18 Å². The second-order valence-electron chi connectivity index (χ2n) is 7.07. The molecule has 2 fully saturated rings. The largest absolute Gasteiger partial charge is 0.351 e. The Labute approximate surface area is 146 Å². The molecule has 1 aromatic heterocycles. The number of likely N-dealkylation sites (tertiary alicyclic amines) is 1. The van der Waals surface area contributed by atoms with Gasteiger partial charge in [-0.1, -0.05) is 17.3 Å². The van der Waals surface area contributed by atoms with Crippen LogP contribution < -0.4 is 5.32 Å². The molecule has 2 aliphatic rings. The van der Waals surface area contributed by atoms with Gasteiger partial charge < -0.3 is 9.84 Å². The van der Waals surface area contributed by atoms with Gasteiger partial charge in [-0.2, -0.15) is 0 Å². The SMILES string of the molecule is O=C(NC1CC1)c1cc([C@H]2CCCN(Cc3cccc(F)c3)C2)no1. The van der Waals surface area contributed by atoms with Gasteiger partial charge in [0.15, 0.2) is 0 Å². The molecule has 1 atom stereocenters. The first kappa shape index (κ1) is 16.3. The molecule has 1 amide bonds. The van der Waals surface area contributed by atoms with Crippen LogP contribution in [0.1, 0.15) is 53.4 Å². The number of carbonyl (C=O) groups is 1. The number of nitrogens with one attached hydrogen (secondary N) is 1. The van der Waals surface area contributed by atoms with Crippen LogP contribution >= 0.6 is 0 Å². The number of rotatable bonds is 5. The summed E-state index contributed by atoms with van der Waals surface area (Å²) < 4.78 is 18.6. The summed E-state index contributed by atoms with van der Waals surface area (Å²) in [7, 11) is 0. The van der Waals surface area contributed by atoms with Crippen LogP contribution in [-0.4, -0.2) is 35.1 Å². The number of amides is 1. The Balaban J connectivity index is 1.39. The van der Waals surface area contributed by atoms with Gasteiger partial charge in [0, 0.05) is 31.1 Å². The summed E-state index contributed by atoms with van der Waals surface area (Å²) in [5.74, 6) is 0.167. The predicted octanol–water partition coefficient (Wildman–Crippen LogP) is 3.09. The fourth-order valence-corrected chi connectivity index (χ4v) is 3.41. The van der Waals surface area contributed by atoms with Crippen molar-refractivity contribution in [3.05, 3.63) is 53.2 Å². The number of nitrogens with zero attached hydrogens (tertiary/aromatic N) is 2. The Hall–Kier alpha value is -2.21. The molecule has 1 saturated heterocycles. The molecule has 132 valence electrons. The molecular formula is C19H22FN3O2. The average molecular weight is 343 g/mol. The third-order valence-electron chi connectivity index (χ3n) is 4.88. The summed E-state index contributed by atoms with van der Waals surface area (Å²) >= 11 is 0. The normalized spacial score (nSPS) is 21.2. The smallest absolute Gasteiger partial charge is 0.290 e. The van der Waals surface area contributed by atoms with E-state index in [2.05, 4.69) is 15.4 Å². The Kier molecular flexibility index (Phi) is 4.53. The van der Waals surface area contributed by atoms with Crippen molar-refractivity contribution in [2.45, 2.75) is 44.2 Å². The van der Waals surface area contributed by atoms with Crippen molar-refractivity contribution in [1.29, 1.82) is 0 Å². The fraction of sp³-hybridized carbons (Fsp3) is 0.474. The van der Waals surface area contributed by atoms with Gasteiger partial charge in [0.25, 0.3) is 5.91 Å². The minimum atomic E-state index is -0.200. The minimum Gasteiger partial charge on any atom is -0.351 e. The molecule has 1 N–H and O–H groups in total. The van der Waals surface area contributed by atoms with Crippen LogP contribution in [-0.2, 0) is 6.54 Å². The first-order chi connectivity index (χ1) is 12.2. The van der Waals surface area contributed by atoms with Crippen molar-refractivity contribution < 1.29 is 13.7 Å². The van der Waals surface area contributed by atoms with Crippen molar-refractivity contribution in [1.82, 2.24) is 15.4 Å². The van der Waals surface area contributed by atoms with Gasteiger partial charge in [0.2, 0.25) is 5.76 Å². The van der Waals surface area contributed by atoms with Crippen LogP contribution in [0.4, 0.5) is 4.39 Å². The lowest BCUT2D eigenvalue weighted by Gasteiger charge is -2.31. The van der Waals surface area contributed by atoms with Crippen molar-refractivity contribution in [2.75, 3.05) is 13.1 Å². The minimum absolute atomic E-state index is 0.173. The molecular weight excluding hydrogens is 321 g/mol. The monoisotopic (exact) mass is 343 g/mol. The van der Waals surface area contributed by atoms with Gasteiger partial charge >= 0.3 is 0 Å². The molecule has 0 spiro atoms. The Morgan fingerprint density at radius 2 is 2.20 bits per heavy atom. The van der Waals surface area contributed by atoms with E-state index in [1.54, 1.807) is 18.2 Å². The lowest BCUT2D eigenvalue weighted by molar-refractivity contribution is 0.0913. The second-order valence-corrected chi connectivity index (χ2v) is 7.07. The van der Waals surface area contributed by atoms with Crippen molar-refractivity contribution >= 4 is 5.91 Å². The molecule has 1 aliphatic heterocycles. The third-order valence-corrected chi connectivity index (χ3v) is 4.88. The third kappa shape index (κ3) is 4.07. The van der Waals surface area contributed by atoms with E-state index in [4.69, 9.17) is 4.52 Å². The summed E-state index contributed by atoms with van der Waals surface area (Å²) in [5.41, 5.74) is 1.81. The van der Waals surface area contributed by atoms with Crippen LogP contribution in [0.2, 0.25) is 0 Å². The molecule has 2 aromatic rings. The van der Waals surface area contributed by atoms with E-state index in [0.717, 1.165) is 56.6 Å². The highest BCUT2D eigenvalue weighted by Crippen LogP contribution is 2.28. The lowest BCUT2D eigenvalue weighted by Crippen LogP contribution is -2.34. The van der Waals surface area contributed by atoms with Crippen molar-refractivity contribution in [3.8, 4) is 0 Å².